The zero-order valence-corrected chi connectivity index (χ0v) is 13.5. The number of hydrogen-bond acceptors (Lipinski definition) is 3. The number of unbranched alkanes of at least 4 members (excludes halogenated alkanes) is 2. The minimum Gasteiger partial charge on any atom is -0.330 e. The van der Waals surface area contributed by atoms with Crippen molar-refractivity contribution in [2.75, 3.05) is 6.54 Å². The zero-order valence-electron chi connectivity index (χ0n) is 11.2. The summed E-state index contributed by atoms with van der Waals surface area (Å²) in [5.74, 6) is 1.76. The standard InChI is InChI=1S/C14H18BrClN4/c15-11-8-10(5-6-12(11)16)9-14-18-13(19-20-14)4-2-1-3-7-17/h5-6,8H,1-4,7,9,17H2,(H,18,19,20). The second-order valence-electron chi connectivity index (χ2n) is 4.72. The Balaban J connectivity index is 1.90. The molecule has 3 N–H and O–H groups in total. The highest BCUT2D eigenvalue weighted by atomic mass is 79.9. The van der Waals surface area contributed by atoms with E-state index in [1.54, 1.807) is 0 Å². The van der Waals surface area contributed by atoms with Gasteiger partial charge in [-0.2, -0.15) is 5.10 Å². The average Bonchev–Trinajstić information content (AvgIpc) is 2.87. The van der Waals surface area contributed by atoms with Crippen LogP contribution in [0.2, 0.25) is 5.02 Å². The van der Waals surface area contributed by atoms with Crippen molar-refractivity contribution in [3.05, 3.63) is 44.9 Å². The summed E-state index contributed by atoms with van der Waals surface area (Å²) >= 11 is 9.40. The molecule has 1 aromatic heterocycles. The van der Waals surface area contributed by atoms with Crippen molar-refractivity contribution in [2.24, 2.45) is 5.73 Å². The van der Waals surface area contributed by atoms with Gasteiger partial charge in [0, 0.05) is 17.3 Å². The molecular formula is C14H18BrClN4. The number of aromatic amines is 1. The van der Waals surface area contributed by atoms with E-state index in [0.717, 1.165) is 60.3 Å². The second kappa shape index (κ2) is 7.76. The first kappa shape index (κ1) is 15.5. The summed E-state index contributed by atoms with van der Waals surface area (Å²) in [7, 11) is 0. The van der Waals surface area contributed by atoms with Crippen LogP contribution in [0.3, 0.4) is 0 Å². The Kier molecular flexibility index (Phi) is 6.01. The van der Waals surface area contributed by atoms with Gasteiger partial charge >= 0.3 is 0 Å². The van der Waals surface area contributed by atoms with Crippen LogP contribution in [0, 0.1) is 0 Å². The normalized spacial score (nSPS) is 10.9. The van der Waals surface area contributed by atoms with Gasteiger partial charge in [-0.1, -0.05) is 24.1 Å². The van der Waals surface area contributed by atoms with Crippen molar-refractivity contribution in [1.82, 2.24) is 15.2 Å². The van der Waals surface area contributed by atoms with E-state index >= 15 is 0 Å². The highest BCUT2D eigenvalue weighted by molar-refractivity contribution is 9.10. The highest BCUT2D eigenvalue weighted by Gasteiger charge is 2.06. The van der Waals surface area contributed by atoms with Crippen molar-refractivity contribution in [3.8, 4) is 0 Å². The zero-order chi connectivity index (χ0) is 14.4. The van der Waals surface area contributed by atoms with Crippen LogP contribution in [-0.4, -0.2) is 21.7 Å². The first-order chi connectivity index (χ1) is 9.69. The molecule has 0 aliphatic rings. The molecule has 0 spiro atoms. The highest BCUT2D eigenvalue weighted by Crippen LogP contribution is 2.24. The van der Waals surface area contributed by atoms with Gasteiger partial charge in [0.1, 0.15) is 5.82 Å². The lowest BCUT2D eigenvalue weighted by Crippen LogP contribution is -1.98. The summed E-state index contributed by atoms with van der Waals surface area (Å²) in [4.78, 5) is 4.51. The number of hydrogen-bond donors (Lipinski definition) is 2. The van der Waals surface area contributed by atoms with Gasteiger partial charge in [-0.05, 0) is 53.0 Å². The Labute approximate surface area is 132 Å². The number of nitrogens with one attached hydrogen (secondary N) is 1. The molecule has 108 valence electrons. The molecule has 0 aliphatic heterocycles. The maximum absolute atomic E-state index is 5.98. The molecule has 4 nitrogen and oxygen atoms in total. The van der Waals surface area contributed by atoms with Gasteiger partial charge in [-0.15, -0.1) is 0 Å². The average molecular weight is 358 g/mol. The molecule has 0 saturated heterocycles. The largest absolute Gasteiger partial charge is 0.330 e. The van der Waals surface area contributed by atoms with Crippen molar-refractivity contribution >= 4 is 27.5 Å². The lowest BCUT2D eigenvalue weighted by atomic mass is 10.1. The first-order valence-corrected chi connectivity index (χ1v) is 7.90. The molecule has 0 unspecified atom stereocenters. The molecule has 2 rings (SSSR count). The van der Waals surface area contributed by atoms with Crippen LogP contribution < -0.4 is 5.73 Å². The predicted molar refractivity (Wildman–Crippen MR) is 85.0 cm³/mol. The molecule has 2 aromatic rings. The van der Waals surface area contributed by atoms with Crippen molar-refractivity contribution < 1.29 is 0 Å². The molecule has 0 radical (unpaired) electrons. The lowest BCUT2D eigenvalue weighted by Gasteiger charge is -2.00. The topological polar surface area (TPSA) is 67.6 Å². The Morgan fingerprint density at radius 3 is 2.85 bits per heavy atom. The fraction of sp³-hybridized carbons (Fsp3) is 0.429. The van der Waals surface area contributed by atoms with Crippen LogP contribution in [0.1, 0.15) is 36.5 Å². The van der Waals surface area contributed by atoms with E-state index in [9.17, 15) is 0 Å². The van der Waals surface area contributed by atoms with E-state index in [4.69, 9.17) is 17.3 Å². The molecule has 1 heterocycles. The van der Waals surface area contributed by atoms with Gasteiger partial charge in [0.15, 0.2) is 5.82 Å². The Morgan fingerprint density at radius 2 is 2.10 bits per heavy atom. The smallest absolute Gasteiger partial charge is 0.150 e. The summed E-state index contributed by atoms with van der Waals surface area (Å²) in [5, 5.41) is 7.95. The third-order valence-corrected chi connectivity index (χ3v) is 4.25. The molecule has 0 amide bonds. The van der Waals surface area contributed by atoms with E-state index in [1.807, 2.05) is 18.2 Å². The summed E-state index contributed by atoms with van der Waals surface area (Å²) < 4.78 is 0.901. The number of nitrogens with zero attached hydrogens (tertiary/aromatic N) is 2. The molecule has 0 atom stereocenters. The first-order valence-electron chi connectivity index (χ1n) is 6.73. The molecule has 0 fully saturated rings. The maximum Gasteiger partial charge on any atom is 0.150 e. The van der Waals surface area contributed by atoms with Gasteiger partial charge in [-0.3, -0.25) is 5.10 Å². The number of rotatable bonds is 7. The minimum atomic E-state index is 0.715. The van der Waals surface area contributed by atoms with Gasteiger partial charge in [0.05, 0.1) is 5.02 Å². The van der Waals surface area contributed by atoms with Gasteiger partial charge in [0.2, 0.25) is 0 Å². The van der Waals surface area contributed by atoms with E-state index < -0.39 is 0 Å². The molecule has 0 saturated carbocycles. The van der Waals surface area contributed by atoms with Crippen LogP contribution in [-0.2, 0) is 12.8 Å². The molecule has 20 heavy (non-hydrogen) atoms. The van der Waals surface area contributed by atoms with E-state index in [0.29, 0.717) is 5.02 Å². The minimum absolute atomic E-state index is 0.715. The Hall–Kier alpha value is -0.910. The van der Waals surface area contributed by atoms with E-state index in [1.165, 1.54) is 0 Å². The molecular weight excluding hydrogens is 340 g/mol. The molecule has 0 aliphatic carbocycles. The van der Waals surface area contributed by atoms with E-state index in [2.05, 4.69) is 31.1 Å². The van der Waals surface area contributed by atoms with Gasteiger partial charge in [0.25, 0.3) is 0 Å². The van der Waals surface area contributed by atoms with Crippen molar-refractivity contribution in [3.63, 3.8) is 0 Å². The second-order valence-corrected chi connectivity index (χ2v) is 5.98. The number of benzene rings is 1. The Bertz CT molecular complexity index is 556. The summed E-state index contributed by atoms with van der Waals surface area (Å²) in [6.07, 6.45) is 4.91. The van der Waals surface area contributed by atoms with Crippen molar-refractivity contribution in [1.29, 1.82) is 0 Å². The molecule has 1 aromatic carbocycles. The summed E-state index contributed by atoms with van der Waals surface area (Å²) in [5.41, 5.74) is 6.62. The number of halogens is 2. The Morgan fingerprint density at radius 1 is 1.25 bits per heavy atom. The molecule has 0 bridgehead atoms. The number of H-pyrrole nitrogens is 1. The lowest BCUT2D eigenvalue weighted by molar-refractivity contribution is 0.670. The fourth-order valence-corrected chi connectivity index (χ4v) is 2.52. The third-order valence-electron chi connectivity index (χ3n) is 3.04. The summed E-state index contributed by atoms with van der Waals surface area (Å²) in [6, 6.07) is 5.88. The third kappa shape index (κ3) is 4.58. The summed E-state index contributed by atoms with van der Waals surface area (Å²) in [6.45, 7) is 0.755. The SMILES string of the molecule is NCCCCCc1n[nH]c(Cc2ccc(Cl)c(Br)c2)n1. The van der Waals surface area contributed by atoms with E-state index in [-0.39, 0.29) is 0 Å². The number of aromatic nitrogens is 3. The number of nitrogens with two attached hydrogens (primary N) is 1. The fourth-order valence-electron chi connectivity index (χ4n) is 1.97. The van der Waals surface area contributed by atoms with Gasteiger partial charge < -0.3 is 5.73 Å². The quantitative estimate of drug-likeness (QED) is 0.745. The van der Waals surface area contributed by atoms with Crippen molar-refractivity contribution in [2.45, 2.75) is 32.1 Å². The van der Waals surface area contributed by atoms with Crippen LogP contribution in [0.4, 0.5) is 0 Å². The maximum atomic E-state index is 5.98. The number of aryl methyl sites for hydroxylation is 1. The predicted octanol–water partition coefficient (Wildman–Crippen LogP) is 3.48. The molecule has 6 heteroatoms. The van der Waals surface area contributed by atoms with Crippen LogP contribution in [0.15, 0.2) is 22.7 Å². The van der Waals surface area contributed by atoms with Crippen LogP contribution in [0.5, 0.6) is 0 Å². The van der Waals surface area contributed by atoms with Gasteiger partial charge in [-0.25, -0.2) is 4.98 Å². The van der Waals surface area contributed by atoms with Crippen LogP contribution in [0.25, 0.3) is 0 Å². The monoisotopic (exact) mass is 356 g/mol. The van der Waals surface area contributed by atoms with Crippen LogP contribution >= 0.6 is 27.5 Å².